The van der Waals surface area contributed by atoms with Gasteiger partial charge in [-0.05, 0) is 30.3 Å². The van der Waals surface area contributed by atoms with Gasteiger partial charge in [0.15, 0.2) is 0 Å². The number of anilines is 1. The Hall–Kier alpha value is -2.06. The van der Waals surface area contributed by atoms with E-state index in [4.69, 9.17) is 18.0 Å². The molecule has 0 spiro atoms. The summed E-state index contributed by atoms with van der Waals surface area (Å²) in [6.45, 7) is 0. The fraction of sp³-hybridized carbons (Fsp3) is 0. The highest BCUT2D eigenvalue weighted by atomic mass is 32.2. The molecule has 4 nitrogen and oxygen atoms in total. The molecular formula is C13H10F2N2O2S2. The zero-order chi connectivity index (χ0) is 15.6. The standard InChI is InChI=1S/C13H10F2N2O2S2/c14-8-3-1-4-9(7-8)21(18,19)17-11-6-2-5-10(15)12(11)13(16)20/h1-7,17H,(H2,16,20). The Balaban J connectivity index is 2.47. The first kappa shape index (κ1) is 15.3. The van der Waals surface area contributed by atoms with E-state index >= 15 is 0 Å². The molecule has 0 bridgehead atoms. The third-order valence-corrected chi connectivity index (χ3v) is 4.18. The van der Waals surface area contributed by atoms with Crippen LogP contribution in [0.4, 0.5) is 14.5 Å². The third-order valence-electron chi connectivity index (χ3n) is 2.61. The SMILES string of the molecule is NC(=S)c1c(F)cccc1NS(=O)(=O)c1cccc(F)c1. The lowest BCUT2D eigenvalue weighted by atomic mass is 10.2. The molecule has 0 amide bonds. The third kappa shape index (κ3) is 3.34. The quantitative estimate of drug-likeness (QED) is 0.846. The molecule has 0 unspecified atom stereocenters. The molecule has 0 radical (unpaired) electrons. The van der Waals surface area contributed by atoms with Gasteiger partial charge in [0.1, 0.15) is 16.6 Å². The summed E-state index contributed by atoms with van der Waals surface area (Å²) in [7, 11) is -4.08. The number of hydrogen-bond donors (Lipinski definition) is 2. The van der Waals surface area contributed by atoms with Gasteiger partial charge >= 0.3 is 0 Å². The molecule has 0 fully saturated rings. The van der Waals surface area contributed by atoms with Crippen LogP contribution in [0.5, 0.6) is 0 Å². The zero-order valence-electron chi connectivity index (χ0n) is 10.5. The Bertz CT molecular complexity index is 808. The van der Waals surface area contributed by atoms with Gasteiger partial charge in [-0.1, -0.05) is 24.4 Å². The van der Waals surface area contributed by atoms with Crippen LogP contribution >= 0.6 is 12.2 Å². The maximum atomic E-state index is 13.7. The van der Waals surface area contributed by atoms with Crippen LogP contribution in [0.15, 0.2) is 47.4 Å². The Labute approximate surface area is 125 Å². The van der Waals surface area contributed by atoms with Crippen LogP contribution in [0.2, 0.25) is 0 Å². The summed E-state index contributed by atoms with van der Waals surface area (Å²) in [5.74, 6) is -1.45. The second-order valence-corrected chi connectivity index (χ2v) is 6.21. The van der Waals surface area contributed by atoms with Crippen molar-refractivity contribution in [2.75, 3.05) is 4.72 Å². The van der Waals surface area contributed by atoms with Gasteiger partial charge in [-0.2, -0.15) is 0 Å². The first-order valence-electron chi connectivity index (χ1n) is 5.68. The van der Waals surface area contributed by atoms with Gasteiger partial charge in [0.2, 0.25) is 0 Å². The maximum Gasteiger partial charge on any atom is 0.262 e. The van der Waals surface area contributed by atoms with E-state index in [-0.39, 0.29) is 21.1 Å². The highest BCUT2D eigenvalue weighted by Crippen LogP contribution is 2.22. The summed E-state index contributed by atoms with van der Waals surface area (Å²) in [6, 6.07) is 8.16. The Morgan fingerprint density at radius 3 is 2.43 bits per heavy atom. The molecule has 0 aromatic heterocycles. The maximum absolute atomic E-state index is 13.7. The smallest absolute Gasteiger partial charge is 0.262 e. The second-order valence-electron chi connectivity index (χ2n) is 4.09. The van der Waals surface area contributed by atoms with Gasteiger partial charge in [-0.3, -0.25) is 4.72 Å². The van der Waals surface area contributed by atoms with Crippen molar-refractivity contribution in [3.63, 3.8) is 0 Å². The number of sulfonamides is 1. The van der Waals surface area contributed by atoms with Crippen LogP contribution in [-0.2, 0) is 10.0 Å². The van der Waals surface area contributed by atoms with Gasteiger partial charge < -0.3 is 5.73 Å². The van der Waals surface area contributed by atoms with Crippen molar-refractivity contribution < 1.29 is 17.2 Å². The van der Waals surface area contributed by atoms with Crippen LogP contribution < -0.4 is 10.5 Å². The molecule has 21 heavy (non-hydrogen) atoms. The lowest BCUT2D eigenvalue weighted by molar-refractivity contribution is 0.595. The molecule has 0 saturated carbocycles. The van der Waals surface area contributed by atoms with E-state index in [2.05, 4.69) is 4.72 Å². The minimum Gasteiger partial charge on any atom is -0.389 e. The fourth-order valence-corrected chi connectivity index (χ4v) is 3.01. The number of halogens is 2. The van der Waals surface area contributed by atoms with Crippen molar-refractivity contribution in [2.45, 2.75) is 4.90 Å². The summed E-state index contributed by atoms with van der Waals surface area (Å²) in [6.07, 6.45) is 0. The predicted molar refractivity (Wildman–Crippen MR) is 79.5 cm³/mol. The van der Waals surface area contributed by atoms with Gasteiger partial charge in [0, 0.05) is 0 Å². The summed E-state index contributed by atoms with van der Waals surface area (Å²) in [5, 5.41) is 0. The number of nitrogens with two attached hydrogens (primary N) is 1. The molecular weight excluding hydrogens is 318 g/mol. The number of rotatable bonds is 4. The van der Waals surface area contributed by atoms with E-state index < -0.39 is 21.7 Å². The molecule has 0 saturated heterocycles. The van der Waals surface area contributed by atoms with Gasteiger partial charge in [0.25, 0.3) is 10.0 Å². The molecule has 0 heterocycles. The van der Waals surface area contributed by atoms with E-state index in [0.717, 1.165) is 18.2 Å². The molecule has 0 aliphatic carbocycles. The van der Waals surface area contributed by atoms with Crippen molar-refractivity contribution in [1.29, 1.82) is 0 Å². The van der Waals surface area contributed by atoms with Gasteiger partial charge in [0.05, 0.1) is 16.1 Å². The summed E-state index contributed by atoms with van der Waals surface area (Å²) < 4.78 is 53.3. The van der Waals surface area contributed by atoms with Crippen molar-refractivity contribution in [2.24, 2.45) is 5.73 Å². The molecule has 2 rings (SSSR count). The van der Waals surface area contributed by atoms with Crippen molar-refractivity contribution in [3.05, 3.63) is 59.7 Å². The van der Waals surface area contributed by atoms with Crippen LogP contribution in [0.25, 0.3) is 0 Å². The second kappa shape index (κ2) is 5.74. The number of hydrogen-bond acceptors (Lipinski definition) is 3. The van der Waals surface area contributed by atoms with Crippen molar-refractivity contribution in [3.8, 4) is 0 Å². The number of thiocarbonyl (C=S) groups is 1. The average Bonchev–Trinajstić information content (AvgIpc) is 2.37. The van der Waals surface area contributed by atoms with Crippen LogP contribution in [-0.4, -0.2) is 13.4 Å². The highest BCUT2D eigenvalue weighted by molar-refractivity contribution is 7.92. The topological polar surface area (TPSA) is 72.2 Å². The lowest BCUT2D eigenvalue weighted by Crippen LogP contribution is -2.19. The van der Waals surface area contributed by atoms with Crippen LogP contribution in [0.1, 0.15) is 5.56 Å². The minimum absolute atomic E-state index is 0.105. The number of nitrogens with one attached hydrogen (secondary N) is 1. The molecule has 2 aromatic carbocycles. The highest BCUT2D eigenvalue weighted by Gasteiger charge is 2.19. The summed E-state index contributed by atoms with van der Waals surface area (Å²) >= 11 is 4.71. The van der Waals surface area contributed by atoms with E-state index in [1.807, 2.05) is 0 Å². The first-order chi connectivity index (χ1) is 9.81. The zero-order valence-corrected chi connectivity index (χ0v) is 12.1. The van der Waals surface area contributed by atoms with E-state index in [0.29, 0.717) is 0 Å². The molecule has 2 aromatic rings. The monoisotopic (exact) mass is 328 g/mol. The Morgan fingerprint density at radius 2 is 1.81 bits per heavy atom. The van der Waals surface area contributed by atoms with Crippen LogP contribution in [0, 0.1) is 11.6 Å². The largest absolute Gasteiger partial charge is 0.389 e. The van der Waals surface area contributed by atoms with E-state index in [1.165, 1.54) is 24.3 Å². The van der Waals surface area contributed by atoms with Crippen molar-refractivity contribution >= 4 is 32.9 Å². The molecule has 0 aliphatic rings. The molecule has 0 aliphatic heterocycles. The molecule has 8 heteroatoms. The van der Waals surface area contributed by atoms with Gasteiger partial charge in [-0.15, -0.1) is 0 Å². The molecule has 0 atom stereocenters. The Morgan fingerprint density at radius 1 is 1.14 bits per heavy atom. The predicted octanol–water partition coefficient (Wildman–Crippen LogP) is 2.40. The fourth-order valence-electron chi connectivity index (χ4n) is 1.70. The summed E-state index contributed by atoms with van der Waals surface area (Å²) in [5.41, 5.74) is 5.07. The van der Waals surface area contributed by atoms with E-state index in [1.54, 1.807) is 0 Å². The average molecular weight is 328 g/mol. The Kier molecular flexibility index (Phi) is 4.19. The number of benzene rings is 2. The molecule has 110 valence electrons. The molecule has 3 N–H and O–H groups in total. The van der Waals surface area contributed by atoms with Crippen molar-refractivity contribution in [1.82, 2.24) is 0 Å². The lowest BCUT2D eigenvalue weighted by Gasteiger charge is -2.12. The van der Waals surface area contributed by atoms with E-state index in [9.17, 15) is 17.2 Å². The minimum atomic E-state index is -4.08. The first-order valence-corrected chi connectivity index (χ1v) is 7.57. The normalized spacial score (nSPS) is 11.1. The summed E-state index contributed by atoms with van der Waals surface area (Å²) in [4.78, 5) is -0.578. The van der Waals surface area contributed by atoms with Crippen LogP contribution in [0.3, 0.4) is 0 Å². The van der Waals surface area contributed by atoms with Gasteiger partial charge in [-0.25, -0.2) is 17.2 Å².